The fourth-order valence-electron chi connectivity index (χ4n) is 1.21. The normalized spacial score (nSPS) is 13.9. The Labute approximate surface area is 112 Å². The van der Waals surface area contributed by atoms with Crippen LogP contribution in [0.4, 0.5) is 0 Å². The molecule has 98 valence electrons. The van der Waals surface area contributed by atoms with Crippen LogP contribution in [0.2, 0.25) is 0 Å². The minimum Gasteiger partial charge on any atom is -0.373 e. The highest BCUT2D eigenvalue weighted by Gasteiger charge is 2.12. The summed E-state index contributed by atoms with van der Waals surface area (Å²) in [4.78, 5) is 4.38. The molecule has 0 aromatic carbocycles. The summed E-state index contributed by atoms with van der Waals surface area (Å²) >= 11 is 7.29. The third-order valence-corrected chi connectivity index (χ3v) is 3.37. The van der Waals surface area contributed by atoms with Crippen LogP contribution >= 0.6 is 22.9 Å². The Hall–Kier alpha value is -0.160. The molecule has 1 aromatic heterocycles. The maximum Gasteiger partial charge on any atom is 0.122 e. The quantitative estimate of drug-likeness (QED) is 0.586. The number of nitrogens with zero attached hydrogens (tertiary/aromatic N) is 1. The second kappa shape index (κ2) is 6.69. The van der Waals surface area contributed by atoms with Crippen molar-refractivity contribution in [3.63, 3.8) is 0 Å². The van der Waals surface area contributed by atoms with Crippen molar-refractivity contribution < 1.29 is 9.47 Å². The Balaban J connectivity index is 2.27. The van der Waals surface area contributed by atoms with Crippen molar-refractivity contribution in [3.05, 3.63) is 16.1 Å². The summed E-state index contributed by atoms with van der Waals surface area (Å²) < 4.78 is 11.2. The molecule has 3 nitrogen and oxygen atoms in total. The van der Waals surface area contributed by atoms with Crippen LogP contribution in [0.25, 0.3) is 0 Å². The Morgan fingerprint density at radius 2 is 2.12 bits per heavy atom. The minimum absolute atomic E-state index is 0.000495. The summed E-state index contributed by atoms with van der Waals surface area (Å²) in [5.41, 5.74) is 0.799. The first-order valence-electron chi connectivity index (χ1n) is 5.68. The van der Waals surface area contributed by atoms with Gasteiger partial charge in [0.25, 0.3) is 0 Å². The van der Waals surface area contributed by atoms with E-state index in [1.165, 1.54) is 0 Å². The fourth-order valence-corrected chi connectivity index (χ4v) is 2.27. The molecule has 1 rings (SSSR count). The van der Waals surface area contributed by atoms with Crippen LogP contribution in [0.1, 0.15) is 44.5 Å². The molecule has 5 heteroatoms. The molecule has 1 aromatic rings. The molecule has 0 bridgehead atoms. The van der Waals surface area contributed by atoms with Crippen LogP contribution < -0.4 is 0 Å². The highest BCUT2D eigenvalue weighted by atomic mass is 35.5. The molecule has 0 fully saturated rings. The average Bonchev–Trinajstić information content (AvgIpc) is 2.71. The maximum absolute atomic E-state index is 5.71. The van der Waals surface area contributed by atoms with Crippen LogP contribution in [-0.2, 0) is 15.4 Å². The van der Waals surface area contributed by atoms with Gasteiger partial charge in [-0.3, -0.25) is 0 Å². The second-order valence-corrected chi connectivity index (χ2v) is 5.94. The van der Waals surface area contributed by atoms with Crippen molar-refractivity contribution in [2.24, 2.45) is 0 Å². The van der Waals surface area contributed by atoms with E-state index in [1.54, 1.807) is 11.3 Å². The van der Waals surface area contributed by atoms with E-state index in [9.17, 15) is 0 Å². The van der Waals surface area contributed by atoms with Crippen LogP contribution in [-0.4, -0.2) is 23.8 Å². The first-order valence-corrected chi connectivity index (χ1v) is 7.09. The zero-order valence-corrected chi connectivity index (χ0v) is 12.4. The van der Waals surface area contributed by atoms with E-state index >= 15 is 0 Å². The van der Waals surface area contributed by atoms with Crippen molar-refractivity contribution in [2.45, 2.75) is 45.3 Å². The van der Waals surface area contributed by atoms with Gasteiger partial charge in [0, 0.05) is 5.38 Å². The van der Waals surface area contributed by atoms with Crippen LogP contribution in [0, 0.1) is 0 Å². The molecule has 0 saturated carbocycles. The summed E-state index contributed by atoms with van der Waals surface area (Å²) in [6.45, 7) is 9.27. The Bertz CT molecular complexity index is 335. The number of alkyl halides is 1. The zero-order chi connectivity index (χ0) is 12.9. The summed E-state index contributed by atoms with van der Waals surface area (Å²) in [5.74, 6) is 0.455. The fraction of sp³-hybridized carbons (Fsp3) is 0.750. The van der Waals surface area contributed by atoms with Gasteiger partial charge < -0.3 is 9.47 Å². The number of thiazole rings is 1. The summed E-state index contributed by atoms with van der Waals surface area (Å²) in [7, 11) is 0. The molecule has 1 atom stereocenters. The SMILES string of the molecule is CC(OCCOC(C)(C)C)c1nc(CCl)cs1. The number of ether oxygens (including phenoxy) is 2. The molecule has 1 heterocycles. The molecular formula is C12H20ClNO2S. The highest BCUT2D eigenvalue weighted by molar-refractivity contribution is 7.09. The van der Waals surface area contributed by atoms with Crippen molar-refractivity contribution in [2.75, 3.05) is 13.2 Å². The highest BCUT2D eigenvalue weighted by Crippen LogP contribution is 2.21. The monoisotopic (exact) mass is 277 g/mol. The number of hydrogen-bond donors (Lipinski definition) is 0. The van der Waals surface area contributed by atoms with Crippen molar-refractivity contribution in [1.29, 1.82) is 0 Å². The van der Waals surface area contributed by atoms with Crippen molar-refractivity contribution >= 4 is 22.9 Å². The topological polar surface area (TPSA) is 31.4 Å². The minimum atomic E-state index is -0.112. The zero-order valence-electron chi connectivity index (χ0n) is 10.8. The van der Waals surface area contributed by atoms with Gasteiger partial charge in [-0.25, -0.2) is 4.98 Å². The van der Waals surface area contributed by atoms with Gasteiger partial charge in [-0.05, 0) is 27.7 Å². The Morgan fingerprint density at radius 3 is 2.65 bits per heavy atom. The van der Waals surface area contributed by atoms with Crippen molar-refractivity contribution in [3.8, 4) is 0 Å². The molecule has 0 N–H and O–H groups in total. The lowest BCUT2D eigenvalue weighted by Gasteiger charge is -2.20. The van der Waals surface area contributed by atoms with E-state index in [0.29, 0.717) is 19.1 Å². The smallest absolute Gasteiger partial charge is 0.122 e. The molecule has 17 heavy (non-hydrogen) atoms. The largest absolute Gasteiger partial charge is 0.373 e. The molecular weight excluding hydrogens is 258 g/mol. The van der Waals surface area contributed by atoms with Gasteiger partial charge in [0.1, 0.15) is 11.1 Å². The van der Waals surface area contributed by atoms with Gasteiger partial charge in [0.2, 0.25) is 0 Å². The molecule has 0 aliphatic carbocycles. The van der Waals surface area contributed by atoms with Gasteiger partial charge in [0.05, 0.1) is 30.4 Å². The Kier molecular flexibility index (Phi) is 5.86. The Morgan fingerprint density at radius 1 is 1.41 bits per heavy atom. The van der Waals surface area contributed by atoms with E-state index < -0.39 is 0 Å². The second-order valence-electron chi connectivity index (χ2n) is 4.78. The lowest BCUT2D eigenvalue weighted by atomic mass is 10.2. The molecule has 0 amide bonds. The molecule has 0 saturated heterocycles. The van der Waals surface area contributed by atoms with Gasteiger partial charge in [-0.2, -0.15) is 0 Å². The first-order chi connectivity index (χ1) is 7.92. The van der Waals surface area contributed by atoms with Gasteiger partial charge in [0.15, 0.2) is 0 Å². The molecule has 0 aliphatic rings. The first kappa shape index (κ1) is 14.9. The molecule has 0 aliphatic heterocycles. The van der Waals surface area contributed by atoms with E-state index in [2.05, 4.69) is 4.98 Å². The number of aromatic nitrogens is 1. The molecule has 0 spiro atoms. The van der Waals surface area contributed by atoms with E-state index in [0.717, 1.165) is 10.7 Å². The predicted octanol–water partition coefficient (Wildman–Crippen LogP) is 3.77. The summed E-state index contributed by atoms with van der Waals surface area (Å²) in [6.07, 6.45) is 0.000495. The third kappa shape index (κ3) is 5.82. The van der Waals surface area contributed by atoms with Crippen LogP contribution in [0.5, 0.6) is 0 Å². The lowest BCUT2D eigenvalue weighted by molar-refractivity contribution is -0.0490. The lowest BCUT2D eigenvalue weighted by Crippen LogP contribution is -2.22. The van der Waals surface area contributed by atoms with Crippen molar-refractivity contribution in [1.82, 2.24) is 4.98 Å². The van der Waals surface area contributed by atoms with Gasteiger partial charge in [-0.1, -0.05) is 0 Å². The average molecular weight is 278 g/mol. The maximum atomic E-state index is 5.71. The standard InChI is InChI=1S/C12H20ClNO2S/c1-9(11-14-10(7-13)8-17-11)15-5-6-16-12(2,3)4/h8-9H,5-7H2,1-4H3. The predicted molar refractivity (Wildman–Crippen MR) is 71.7 cm³/mol. The van der Waals surface area contributed by atoms with Gasteiger partial charge >= 0.3 is 0 Å². The number of rotatable bonds is 6. The van der Waals surface area contributed by atoms with E-state index in [4.69, 9.17) is 21.1 Å². The van der Waals surface area contributed by atoms with E-state index in [-0.39, 0.29) is 11.7 Å². The number of halogens is 1. The van der Waals surface area contributed by atoms with Gasteiger partial charge in [-0.15, -0.1) is 22.9 Å². The van der Waals surface area contributed by atoms with Crippen LogP contribution in [0.3, 0.4) is 0 Å². The third-order valence-electron chi connectivity index (χ3n) is 2.04. The van der Waals surface area contributed by atoms with Crippen LogP contribution in [0.15, 0.2) is 5.38 Å². The van der Waals surface area contributed by atoms with E-state index in [1.807, 2.05) is 33.1 Å². The molecule has 1 unspecified atom stereocenters. The summed E-state index contributed by atoms with van der Waals surface area (Å²) in [5, 5.41) is 2.94. The number of hydrogen-bond acceptors (Lipinski definition) is 4. The summed E-state index contributed by atoms with van der Waals surface area (Å²) in [6, 6.07) is 0. The molecule has 0 radical (unpaired) electrons.